The van der Waals surface area contributed by atoms with E-state index in [1.165, 1.54) is 18.1 Å². The van der Waals surface area contributed by atoms with Crippen molar-refractivity contribution >= 4 is 5.97 Å². The van der Waals surface area contributed by atoms with Crippen molar-refractivity contribution in [1.29, 1.82) is 0 Å². The Morgan fingerprint density at radius 3 is 2.79 bits per heavy atom. The molecule has 0 heterocycles. The Labute approximate surface area is 85.6 Å². The van der Waals surface area contributed by atoms with Crippen molar-refractivity contribution < 1.29 is 9.53 Å². The van der Waals surface area contributed by atoms with Gasteiger partial charge in [0.05, 0.1) is 6.61 Å². The van der Waals surface area contributed by atoms with Gasteiger partial charge in [0.25, 0.3) is 0 Å². The van der Waals surface area contributed by atoms with Gasteiger partial charge in [-0.25, -0.2) is 0 Å². The molecule has 14 heavy (non-hydrogen) atoms. The smallest absolute Gasteiger partial charge is 0.302 e. The second-order valence-corrected chi connectivity index (χ2v) is 4.05. The van der Waals surface area contributed by atoms with Crippen molar-refractivity contribution in [1.82, 2.24) is 0 Å². The maximum absolute atomic E-state index is 10.7. The summed E-state index contributed by atoms with van der Waals surface area (Å²) < 4.78 is 5.06. The zero-order valence-corrected chi connectivity index (χ0v) is 9.17. The fourth-order valence-corrected chi connectivity index (χ4v) is 1.95. The minimum Gasteiger partial charge on any atom is -0.465 e. The van der Waals surface area contributed by atoms with Crippen molar-refractivity contribution in [3.05, 3.63) is 23.8 Å². The van der Waals surface area contributed by atoms with Crippen LogP contribution in [0.1, 0.15) is 27.2 Å². The lowest BCUT2D eigenvalue weighted by molar-refractivity contribution is -0.142. The Bertz CT molecular complexity index is 276. The summed E-state index contributed by atoms with van der Waals surface area (Å²) in [4.78, 5) is 10.7. The van der Waals surface area contributed by atoms with Crippen LogP contribution < -0.4 is 0 Å². The summed E-state index contributed by atoms with van der Waals surface area (Å²) >= 11 is 0. The van der Waals surface area contributed by atoms with E-state index in [1.807, 2.05) is 6.92 Å². The summed E-state index contributed by atoms with van der Waals surface area (Å²) in [5.41, 5.74) is 2.49. The van der Waals surface area contributed by atoms with Crippen LogP contribution >= 0.6 is 0 Å². The molecule has 0 amide bonds. The van der Waals surface area contributed by atoms with E-state index in [-0.39, 0.29) is 5.97 Å². The number of ether oxygens (including phenoxy) is 1. The van der Waals surface area contributed by atoms with Crippen molar-refractivity contribution in [2.75, 3.05) is 6.61 Å². The molecule has 0 aromatic heterocycles. The Kier molecular flexibility index (Phi) is 3.50. The summed E-state index contributed by atoms with van der Waals surface area (Å²) in [5, 5.41) is 0. The van der Waals surface area contributed by atoms with Crippen LogP contribution in [0.5, 0.6) is 0 Å². The zero-order chi connectivity index (χ0) is 10.7. The fraction of sp³-hybridized carbons (Fsp3) is 0.583. The Hall–Kier alpha value is -1.05. The van der Waals surface area contributed by atoms with Crippen LogP contribution in [0.4, 0.5) is 0 Å². The van der Waals surface area contributed by atoms with Crippen LogP contribution in [0.15, 0.2) is 23.8 Å². The molecule has 0 radical (unpaired) electrons. The van der Waals surface area contributed by atoms with Crippen molar-refractivity contribution in [2.45, 2.75) is 27.2 Å². The lowest BCUT2D eigenvalue weighted by Gasteiger charge is -2.21. The third-order valence-electron chi connectivity index (χ3n) is 2.86. The third kappa shape index (κ3) is 2.47. The number of hydrogen-bond acceptors (Lipinski definition) is 2. The molecule has 1 aliphatic carbocycles. The van der Waals surface area contributed by atoms with E-state index in [4.69, 9.17) is 4.74 Å². The largest absolute Gasteiger partial charge is 0.465 e. The first-order chi connectivity index (χ1) is 6.52. The molecule has 0 bridgehead atoms. The first-order valence-electron chi connectivity index (χ1n) is 4.97. The topological polar surface area (TPSA) is 26.3 Å². The summed E-state index contributed by atoms with van der Waals surface area (Å²) in [7, 11) is 0. The Morgan fingerprint density at radius 1 is 1.64 bits per heavy atom. The SMILES string of the molecule is C=C(C)[C@@H]1CC=C(C)[C@@H]1COC(C)=O. The highest BCUT2D eigenvalue weighted by atomic mass is 16.5. The fourth-order valence-electron chi connectivity index (χ4n) is 1.95. The van der Waals surface area contributed by atoms with E-state index in [9.17, 15) is 4.79 Å². The van der Waals surface area contributed by atoms with Gasteiger partial charge in [-0.05, 0) is 26.2 Å². The molecule has 0 saturated heterocycles. The molecule has 2 atom stereocenters. The molecule has 0 aromatic rings. The van der Waals surface area contributed by atoms with Gasteiger partial charge in [-0.1, -0.05) is 23.8 Å². The van der Waals surface area contributed by atoms with Crippen molar-refractivity contribution in [3.8, 4) is 0 Å². The van der Waals surface area contributed by atoms with Crippen LogP contribution in [-0.2, 0) is 9.53 Å². The third-order valence-corrected chi connectivity index (χ3v) is 2.86. The molecule has 1 rings (SSSR count). The number of allylic oxidation sites excluding steroid dienone is 2. The predicted molar refractivity (Wildman–Crippen MR) is 56.8 cm³/mol. The van der Waals surface area contributed by atoms with Gasteiger partial charge in [0.15, 0.2) is 0 Å². The molecule has 1 aliphatic rings. The van der Waals surface area contributed by atoms with Crippen LogP contribution in [0.25, 0.3) is 0 Å². The average Bonchev–Trinajstić information content (AvgIpc) is 2.43. The standard InChI is InChI=1S/C12H18O2/c1-8(2)11-6-5-9(3)12(11)7-14-10(4)13/h5,11-12H,1,6-7H2,2-4H3/t11-,12-/m0/s1. The highest BCUT2D eigenvalue weighted by Gasteiger charge is 2.28. The van der Waals surface area contributed by atoms with Gasteiger partial charge in [-0.3, -0.25) is 4.79 Å². The first kappa shape index (κ1) is 11.0. The molecule has 0 aromatic carbocycles. The van der Waals surface area contributed by atoms with E-state index in [2.05, 4.69) is 19.6 Å². The minimum atomic E-state index is -0.204. The van der Waals surface area contributed by atoms with E-state index < -0.39 is 0 Å². The van der Waals surface area contributed by atoms with Crippen LogP contribution in [0.3, 0.4) is 0 Å². The molecule has 78 valence electrons. The monoisotopic (exact) mass is 194 g/mol. The molecule has 2 nitrogen and oxygen atoms in total. The van der Waals surface area contributed by atoms with Crippen LogP contribution in [0.2, 0.25) is 0 Å². The second-order valence-electron chi connectivity index (χ2n) is 4.05. The van der Waals surface area contributed by atoms with Gasteiger partial charge >= 0.3 is 5.97 Å². The van der Waals surface area contributed by atoms with Crippen LogP contribution in [0, 0.1) is 11.8 Å². The molecule has 0 saturated carbocycles. The average molecular weight is 194 g/mol. The molecular formula is C12H18O2. The van der Waals surface area contributed by atoms with E-state index in [1.54, 1.807) is 0 Å². The van der Waals surface area contributed by atoms with Crippen molar-refractivity contribution in [2.24, 2.45) is 11.8 Å². The van der Waals surface area contributed by atoms with Gasteiger partial charge < -0.3 is 4.74 Å². The van der Waals surface area contributed by atoms with Crippen molar-refractivity contribution in [3.63, 3.8) is 0 Å². The number of esters is 1. The van der Waals surface area contributed by atoms with Gasteiger partial charge in [-0.15, -0.1) is 0 Å². The highest BCUT2D eigenvalue weighted by molar-refractivity contribution is 5.65. The second kappa shape index (κ2) is 4.45. The Morgan fingerprint density at radius 2 is 2.29 bits per heavy atom. The predicted octanol–water partition coefficient (Wildman–Crippen LogP) is 2.71. The number of carbonyl (C=O) groups excluding carboxylic acids is 1. The normalized spacial score (nSPS) is 25.8. The summed E-state index contributed by atoms with van der Waals surface area (Å²) in [6.07, 6.45) is 3.25. The molecule has 0 fully saturated rings. The lowest BCUT2D eigenvalue weighted by Crippen LogP contribution is -2.19. The quantitative estimate of drug-likeness (QED) is 0.510. The van der Waals surface area contributed by atoms with E-state index in [0.717, 1.165) is 6.42 Å². The summed E-state index contributed by atoms with van der Waals surface area (Å²) in [6.45, 7) is 10.1. The van der Waals surface area contributed by atoms with E-state index >= 15 is 0 Å². The van der Waals surface area contributed by atoms with Gasteiger partial charge in [0.2, 0.25) is 0 Å². The molecule has 2 heteroatoms. The number of rotatable bonds is 3. The molecule has 0 spiro atoms. The molecule has 0 unspecified atom stereocenters. The van der Waals surface area contributed by atoms with Crippen LogP contribution in [-0.4, -0.2) is 12.6 Å². The lowest BCUT2D eigenvalue weighted by atomic mass is 9.87. The van der Waals surface area contributed by atoms with Gasteiger partial charge in [0.1, 0.15) is 0 Å². The summed E-state index contributed by atoms with van der Waals surface area (Å²) in [6, 6.07) is 0. The minimum absolute atomic E-state index is 0.204. The first-order valence-corrected chi connectivity index (χ1v) is 4.97. The van der Waals surface area contributed by atoms with E-state index in [0.29, 0.717) is 18.4 Å². The Balaban J connectivity index is 2.58. The van der Waals surface area contributed by atoms with Gasteiger partial charge in [0, 0.05) is 12.8 Å². The summed E-state index contributed by atoms with van der Waals surface area (Å²) in [5.74, 6) is 0.593. The number of hydrogen-bond donors (Lipinski definition) is 0. The molecular weight excluding hydrogens is 176 g/mol. The highest BCUT2D eigenvalue weighted by Crippen LogP contribution is 2.35. The zero-order valence-electron chi connectivity index (χ0n) is 9.17. The number of carbonyl (C=O) groups is 1. The maximum atomic E-state index is 10.7. The molecule has 0 N–H and O–H groups in total. The van der Waals surface area contributed by atoms with Gasteiger partial charge in [-0.2, -0.15) is 0 Å². The maximum Gasteiger partial charge on any atom is 0.302 e. The molecule has 0 aliphatic heterocycles.